The Kier molecular flexibility index (Phi) is 3.16. The fraction of sp³-hybridized carbons (Fsp3) is 0. The van der Waals surface area contributed by atoms with Crippen molar-refractivity contribution in [2.75, 3.05) is 11.1 Å². The van der Waals surface area contributed by atoms with Crippen LogP contribution in [-0.2, 0) is 0 Å². The molecule has 0 aliphatic rings. The van der Waals surface area contributed by atoms with Crippen LogP contribution in [0.5, 0.6) is 0 Å². The number of rotatable bonds is 2. The minimum absolute atomic E-state index is 0.292. The summed E-state index contributed by atoms with van der Waals surface area (Å²) < 4.78 is 4.35. The van der Waals surface area contributed by atoms with E-state index in [1.54, 1.807) is 23.6 Å². The van der Waals surface area contributed by atoms with Crippen LogP contribution in [0, 0.1) is 0 Å². The zero-order chi connectivity index (χ0) is 11.5. The maximum Gasteiger partial charge on any atom is 0.277 e. The minimum atomic E-state index is -0.292. The fourth-order valence-electron chi connectivity index (χ4n) is 1.08. The number of carbonyl (C=O) groups excluding carboxylic acids is 1. The molecule has 0 atom stereocenters. The highest BCUT2D eigenvalue weighted by Gasteiger charge is 2.10. The highest BCUT2D eigenvalue weighted by atomic mass is 79.9. The van der Waals surface area contributed by atoms with Crippen LogP contribution in [0.1, 0.15) is 10.5 Å². The maximum absolute atomic E-state index is 11.7. The molecular weight excluding hydrogens is 292 g/mol. The van der Waals surface area contributed by atoms with Gasteiger partial charge in [0.15, 0.2) is 5.69 Å². The number of aromatic nitrogens is 2. The van der Waals surface area contributed by atoms with Gasteiger partial charge in [-0.05, 0) is 45.7 Å². The van der Waals surface area contributed by atoms with E-state index in [0.717, 1.165) is 16.0 Å². The van der Waals surface area contributed by atoms with Gasteiger partial charge in [0, 0.05) is 15.5 Å². The van der Waals surface area contributed by atoms with Gasteiger partial charge in [-0.25, -0.2) is 0 Å². The molecule has 16 heavy (non-hydrogen) atoms. The molecule has 0 unspecified atom stereocenters. The Morgan fingerprint density at radius 2 is 2.31 bits per heavy atom. The Hall–Kier alpha value is -1.47. The molecule has 0 saturated heterocycles. The third-order valence-corrected chi connectivity index (χ3v) is 2.99. The van der Waals surface area contributed by atoms with E-state index >= 15 is 0 Å². The number of nitrogens with zero attached hydrogens (tertiary/aromatic N) is 2. The molecule has 0 bridgehead atoms. The second kappa shape index (κ2) is 4.58. The summed E-state index contributed by atoms with van der Waals surface area (Å²) in [5.41, 5.74) is 7.16. The molecule has 5 nitrogen and oxygen atoms in total. The number of nitrogens with two attached hydrogens (primary N) is 1. The van der Waals surface area contributed by atoms with Crippen LogP contribution in [0.2, 0.25) is 0 Å². The third kappa shape index (κ3) is 2.37. The van der Waals surface area contributed by atoms with Gasteiger partial charge in [0.25, 0.3) is 5.91 Å². The van der Waals surface area contributed by atoms with Gasteiger partial charge in [0.05, 0.1) is 5.69 Å². The molecule has 0 saturated carbocycles. The van der Waals surface area contributed by atoms with Gasteiger partial charge in [-0.15, -0.1) is 5.10 Å². The topological polar surface area (TPSA) is 80.9 Å². The second-order valence-electron chi connectivity index (χ2n) is 2.98. The quantitative estimate of drug-likeness (QED) is 0.832. The van der Waals surface area contributed by atoms with Crippen LogP contribution in [0.4, 0.5) is 11.4 Å². The summed E-state index contributed by atoms with van der Waals surface area (Å²) in [7, 11) is 0. The van der Waals surface area contributed by atoms with Gasteiger partial charge in [0.2, 0.25) is 0 Å². The SMILES string of the molecule is Nc1ccc(NC(=O)c2csnn2)c(Br)c1. The molecule has 0 aliphatic carbocycles. The van der Waals surface area contributed by atoms with Crippen LogP contribution in [0.25, 0.3) is 0 Å². The van der Waals surface area contributed by atoms with Gasteiger partial charge in [-0.3, -0.25) is 4.79 Å². The number of halogens is 1. The summed E-state index contributed by atoms with van der Waals surface area (Å²) in [5, 5.41) is 7.96. The third-order valence-electron chi connectivity index (χ3n) is 1.83. The van der Waals surface area contributed by atoms with E-state index in [2.05, 4.69) is 30.8 Å². The molecule has 0 fully saturated rings. The lowest BCUT2D eigenvalue weighted by molar-refractivity contribution is 0.102. The standard InChI is InChI=1S/C9H7BrN4OS/c10-6-3-5(11)1-2-7(6)12-9(15)8-4-16-14-13-8/h1-4H,11H2,(H,12,15). The Morgan fingerprint density at radius 1 is 1.50 bits per heavy atom. The molecule has 1 amide bonds. The summed E-state index contributed by atoms with van der Waals surface area (Å²) in [5.74, 6) is -0.292. The van der Waals surface area contributed by atoms with Crippen molar-refractivity contribution in [1.29, 1.82) is 0 Å². The van der Waals surface area contributed by atoms with Gasteiger partial charge in [0.1, 0.15) is 0 Å². The Labute approximate surface area is 104 Å². The normalized spacial score (nSPS) is 10.1. The molecule has 7 heteroatoms. The molecule has 0 radical (unpaired) electrons. The van der Waals surface area contributed by atoms with E-state index in [4.69, 9.17) is 5.73 Å². The summed E-state index contributed by atoms with van der Waals surface area (Å²) in [4.78, 5) is 11.7. The Morgan fingerprint density at radius 3 is 2.94 bits per heavy atom. The Bertz CT molecular complexity index is 514. The number of hydrogen-bond donors (Lipinski definition) is 2. The summed E-state index contributed by atoms with van der Waals surface area (Å²) in [6, 6.07) is 5.14. The predicted molar refractivity (Wildman–Crippen MR) is 66.4 cm³/mol. The summed E-state index contributed by atoms with van der Waals surface area (Å²) >= 11 is 4.44. The lowest BCUT2D eigenvalue weighted by atomic mass is 10.3. The first-order chi connectivity index (χ1) is 7.66. The van der Waals surface area contributed by atoms with Crippen LogP contribution >= 0.6 is 27.5 Å². The van der Waals surface area contributed by atoms with Crippen molar-refractivity contribution in [2.45, 2.75) is 0 Å². The molecule has 1 aromatic heterocycles. The number of hydrogen-bond acceptors (Lipinski definition) is 5. The largest absolute Gasteiger partial charge is 0.399 e. The second-order valence-corrected chi connectivity index (χ2v) is 4.45. The van der Waals surface area contributed by atoms with E-state index in [1.165, 1.54) is 0 Å². The molecule has 1 heterocycles. The molecule has 1 aromatic carbocycles. The van der Waals surface area contributed by atoms with Crippen molar-refractivity contribution in [1.82, 2.24) is 9.59 Å². The smallest absolute Gasteiger partial charge is 0.277 e. The average molecular weight is 299 g/mol. The molecule has 82 valence electrons. The highest BCUT2D eigenvalue weighted by molar-refractivity contribution is 9.10. The first-order valence-corrected chi connectivity index (χ1v) is 5.93. The van der Waals surface area contributed by atoms with Crippen molar-refractivity contribution < 1.29 is 4.79 Å². The van der Waals surface area contributed by atoms with E-state index in [0.29, 0.717) is 17.1 Å². The van der Waals surface area contributed by atoms with Crippen molar-refractivity contribution in [3.8, 4) is 0 Å². The van der Waals surface area contributed by atoms with Crippen LogP contribution in [-0.4, -0.2) is 15.5 Å². The summed E-state index contributed by atoms with van der Waals surface area (Å²) in [6.07, 6.45) is 0. The minimum Gasteiger partial charge on any atom is -0.399 e. The fourth-order valence-corrected chi connectivity index (χ4v) is 2.01. The number of anilines is 2. The van der Waals surface area contributed by atoms with Gasteiger partial charge in [-0.1, -0.05) is 4.49 Å². The molecule has 3 N–H and O–H groups in total. The van der Waals surface area contributed by atoms with Gasteiger partial charge in [-0.2, -0.15) is 0 Å². The lowest BCUT2D eigenvalue weighted by Gasteiger charge is -2.05. The first kappa shape index (κ1) is 11.0. The number of carbonyl (C=O) groups is 1. The van der Waals surface area contributed by atoms with Crippen LogP contribution in [0.3, 0.4) is 0 Å². The zero-order valence-electron chi connectivity index (χ0n) is 7.98. The predicted octanol–water partition coefficient (Wildman–Crippen LogP) is 2.14. The zero-order valence-corrected chi connectivity index (χ0v) is 10.4. The Balaban J connectivity index is 2.18. The number of nitrogen functional groups attached to an aromatic ring is 1. The lowest BCUT2D eigenvalue weighted by Crippen LogP contribution is -2.12. The first-order valence-electron chi connectivity index (χ1n) is 4.30. The van der Waals surface area contributed by atoms with E-state index < -0.39 is 0 Å². The molecule has 2 rings (SSSR count). The van der Waals surface area contributed by atoms with Crippen molar-refractivity contribution >= 4 is 44.7 Å². The number of nitrogens with one attached hydrogen (secondary N) is 1. The highest BCUT2D eigenvalue weighted by Crippen LogP contribution is 2.24. The number of amides is 1. The molecule has 2 aromatic rings. The van der Waals surface area contributed by atoms with Crippen molar-refractivity contribution in [2.24, 2.45) is 0 Å². The van der Waals surface area contributed by atoms with E-state index in [-0.39, 0.29) is 5.91 Å². The van der Waals surface area contributed by atoms with Gasteiger partial charge >= 0.3 is 0 Å². The monoisotopic (exact) mass is 298 g/mol. The van der Waals surface area contributed by atoms with E-state index in [1.807, 2.05) is 0 Å². The summed E-state index contributed by atoms with van der Waals surface area (Å²) in [6.45, 7) is 0. The molecule has 0 spiro atoms. The molecule has 0 aliphatic heterocycles. The van der Waals surface area contributed by atoms with E-state index in [9.17, 15) is 4.79 Å². The van der Waals surface area contributed by atoms with Gasteiger partial charge < -0.3 is 11.1 Å². The van der Waals surface area contributed by atoms with Crippen molar-refractivity contribution in [3.05, 3.63) is 33.7 Å². The number of benzene rings is 1. The molecular formula is C9H7BrN4OS. The van der Waals surface area contributed by atoms with Crippen molar-refractivity contribution in [3.63, 3.8) is 0 Å². The maximum atomic E-state index is 11.7. The van der Waals surface area contributed by atoms with Crippen LogP contribution in [0.15, 0.2) is 28.1 Å². The average Bonchev–Trinajstić information content (AvgIpc) is 2.75. The van der Waals surface area contributed by atoms with Crippen LogP contribution < -0.4 is 11.1 Å².